The zero-order valence-electron chi connectivity index (χ0n) is 18.1. The quantitative estimate of drug-likeness (QED) is 0.429. The average molecular weight is 441 g/mol. The summed E-state index contributed by atoms with van der Waals surface area (Å²) in [5, 5.41) is 11.8. The third-order valence-electron chi connectivity index (χ3n) is 5.53. The van der Waals surface area contributed by atoms with Gasteiger partial charge >= 0.3 is 12.1 Å². The monoisotopic (exact) mass is 441 g/mol. The highest BCUT2D eigenvalue weighted by molar-refractivity contribution is 5.88. The van der Waals surface area contributed by atoms with Crippen LogP contribution in [0.2, 0.25) is 0 Å². The maximum absolute atomic E-state index is 12.2. The van der Waals surface area contributed by atoms with Gasteiger partial charge in [-0.1, -0.05) is 60.4 Å². The fourth-order valence-electron chi connectivity index (χ4n) is 3.97. The summed E-state index contributed by atoms with van der Waals surface area (Å²) in [5.41, 5.74) is 5.31. The first-order valence-electron chi connectivity index (χ1n) is 10.6. The summed E-state index contributed by atoms with van der Waals surface area (Å²) < 4.78 is 10.7. The molecule has 4 rings (SSSR count). The molecule has 0 unspecified atom stereocenters. The van der Waals surface area contributed by atoms with Crippen molar-refractivity contribution in [1.82, 2.24) is 5.32 Å². The van der Waals surface area contributed by atoms with Crippen molar-refractivity contribution in [3.05, 3.63) is 89.0 Å². The fourth-order valence-corrected chi connectivity index (χ4v) is 3.97. The van der Waals surface area contributed by atoms with Crippen LogP contribution < -0.4 is 10.1 Å². The van der Waals surface area contributed by atoms with E-state index < -0.39 is 12.1 Å². The van der Waals surface area contributed by atoms with Crippen molar-refractivity contribution in [2.24, 2.45) is 0 Å². The van der Waals surface area contributed by atoms with Gasteiger partial charge < -0.3 is 19.9 Å². The molecule has 0 aliphatic heterocycles. The van der Waals surface area contributed by atoms with E-state index in [-0.39, 0.29) is 18.1 Å². The molecule has 0 spiro atoms. The molecule has 0 bridgehead atoms. The second kappa shape index (κ2) is 9.92. The minimum atomic E-state index is -1.03. The van der Waals surface area contributed by atoms with Crippen LogP contribution in [-0.2, 0) is 4.74 Å². The molecular formula is C27H23NO5. The smallest absolute Gasteiger partial charge is 0.407 e. The summed E-state index contributed by atoms with van der Waals surface area (Å²) in [4.78, 5) is 23.4. The molecule has 6 nitrogen and oxygen atoms in total. The van der Waals surface area contributed by atoms with E-state index >= 15 is 0 Å². The van der Waals surface area contributed by atoms with Crippen molar-refractivity contribution in [3.63, 3.8) is 0 Å². The highest BCUT2D eigenvalue weighted by Crippen LogP contribution is 2.44. The van der Waals surface area contributed by atoms with Gasteiger partial charge in [-0.3, -0.25) is 0 Å². The molecule has 0 atom stereocenters. The highest BCUT2D eigenvalue weighted by Gasteiger charge is 2.28. The predicted octanol–water partition coefficient (Wildman–Crippen LogP) is 4.67. The van der Waals surface area contributed by atoms with Crippen molar-refractivity contribution < 1.29 is 24.2 Å². The molecule has 0 saturated heterocycles. The summed E-state index contributed by atoms with van der Waals surface area (Å²) in [6.07, 6.45) is -0.117. The molecule has 0 radical (unpaired) electrons. The van der Waals surface area contributed by atoms with E-state index in [1.807, 2.05) is 24.3 Å². The first-order valence-corrected chi connectivity index (χ1v) is 10.6. The number of alkyl carbamates (subject to hydrolysis) is 1. The topological polar surface area (TPSA) is 84.9 Å². The molecule has 1 amide bonds. The Morgan fingerprint density at radius 1 is 1.00 bits per heavy atom. The number of hydrogen-bond acceptors (Lipinski definition) is 4. The second-order valence-electron chi connectivity index (χ2n) is 7.52. The van der Waals surface area contributed by atoms with Crippen LogP contribution in [0.3, 0.4) is 0 Å². The lowest BCUT2D eigenvalue weighted by Gasteiger charge is -2.14. The van der Waals surface area contributed by atoms with E-state index in [0.717, 1.165) is 11.1 Å². The van der Waals surface area contributed by atoms with E-state index in [9.17, 15) is 9.59 Å². The van der Waals surface area contributed by atoms with E-state index in [1.165, 1.54) is 30.4 Å². The van der Waals surface area contributed by atoms with Crippen LogP contribution in [0.15, 0.2) is 66.7 Å². The third kappa shape index (κ3) is 4.83. The highest BCUT2D eigenvalue weighted by atomic mass is 16.5. The summed E-state index contributed by atoms with van der Waals surface area (Å²) >= 11 is 0. The molecule has 3 aromatic rings. The van der Waals surface area contributed by atoms with Crippen LogP contribution in [0, 0.1) is 11.8 Å². The molecule has 1 aliphatic carbocycles. The Kier molecular flexibility index (Phi) is 6.61. The number of fused-ring (bicyclic) bond motifs is 3. The Morgan fingerprint density at radius 3 is 2.30 bits per heavy atom. The predicted molar refractivity (Wildman–Crippen MR) is 125 cm³/mol. The van der Waals surface area contributed by atoms with Crippen molar-refractivity contribution in [1.29, 1.82) is 0 Å². The number of carboxylic acid groups (broad SMARTS) is 1. The molecule has 0 heterocycles. The number of rotatable bonds is 6. The van der Waals surface area contributed by atoms with Crippen LogP contribution in [-0.4, -0.2) is 37.4 Å². The fraction of sp³-hybridized carbons (Fsp3) is 0.185. The van der Waals surface area contributed by atoms with Crippen molar-refractivity contribution in [3.8, 4) is 28.7 Å². The van der Waals surface area contributed by atoms with E-state index in [0.29, 0.717) is 24.3 Å². The lowest BCUT2D eigenvalue weighted by molar-refractivity contribution is 0.0696. The van der Waals surface area contributed by atoms with Crippen molar-refractivity contribution >= 4 is 12.1 Å². The van der Waals surface area contributed by atoms with Crippen molar-refractivity contribution in [2.45, 2.75) is 12.3 Å². The maximum atomic E-state index is 12.2. The minimum absolute atomic E-state index is 0.0110. The molecule has 0 saturated carbocycles. The molecule has 166 valence electrons. The van der Waals surface area contributed by atoms with Gasteiger partial charge in [-0.05, 0) is 40.5 Å². The van der Waals surface area contributed by atoms with Crippen LogP contribution >= 0.6 is 0 Å². The molecule has 0 aromatic heterocycles. The van der Waals surface area contributed by atoms with Gasteiger partial charge in [0.15, 0.2) is 0 Å². The molecule has 3 aromatic carbocycles. The lowest BCUT2D eigenvalue weighted by atomic mass is 9.98. The summed E-state index contributed by atoms with van der Waals surface area (Å²) in [6.45, 7) is 0.565. The van der Waals surface area contributed by atoms with E-state index in [2.05, 4.69) is 41.4 Å². The van der Waals surface area contributed by atoms with Gasteiger partial charge in [0.1, 0.15) is 12.4 Å². The molecule has 1 aliphatic rings. The second-order valence-corrected chi connectivity index (χ2v) is 7.52. The largest absolute Gasteiger partial charge is 0.495 e. The van der Waals surface area contributed by atoms with Gasteiger partial charge in [-0.25, -0.2) is 9.59 Å². The van der Waals surface area contributed by atoms with Crippen LogP contribution in [0.5, 0.6) is 5.75 Å². The number of nitrogens with one attached hydrogen (secondary N) is 1. The molecule has 0 fully saturated rings. The zero-order chi connectivity index (χ0) is 23.2. The Bertz CT molecular complexity index is 1210. The zero-order valence-corrected chi connectivity index (χ0v) is 18.1. The number of methoxy groups -OCH3 is 1. The first kappa shape index (κ1) is 22.0. The normalized spacial score (nSPS) is 11.5. The third-order valence-corrected chi connectivity index (χ3v) is 5.53. The number of carbonyl (C=O) groups is 2. The van der Waals surface area contributed by atoms with Crippen LogP contribution in [0.4, 0.5) is 4.79 Å². The Balaban J connectivity index is 1.31. The van der Waals surface area contributed by atoms with E-state index in [4.69, 9.17) is 14.6 Å². The van der Waals surface area contributed by atoms with E-state index in [1.54, 1.807) is 6.07 Å². The lowest BCUT2D eigenvalue weighted by Crippen LogP contribution is -2.26. The molecular weight excluding hydrogens is 418 g/mol. The van der Waals surface area contributed by atoms with Gasteiger partial charge in [0.25, 0.3) is 0 Å². The maximum Gasteiger partial charge on any atom is 0.407 e. The molecule has 6 heteroatoms. The van der Waals surface area contributed by atoms with Crippen molar-refractivity contribution in [2.75, 3.05) is 20.3 Å². The van der Waals surface area contributed by atoms with Crippen LogP contribution in [0.25, 0.3) is 11.1 Å². The van der Waals surface area contributed by atoms with Gasteiger partial charge in [0, 0.05) is 18.9 Å². The number of hydrogen-bond donors (Lipinski definition) is 2. The standard InChI is InChI=1S/C27H23NO5/c1-32-25-14-13-19(26(29)30)16-18(25)8-6-7-15-28-27(31)33-17-24-22-11-4-2-9-20(22)21-10-3-5-12-23(21)24/h2-5,9-14,16,24H,7,15,17H2,1H3,(H,28,31)(H,29,30). The molecule has 33 heavy (non-hydrogen) atoms. The summed E-state index contributed by atoms with van der Waals surface area (Å²) in [5.74, 6) is 5.31. The van der Waals surface area contributed by atoms with Gasteiger partial charge in [-0.2, -0.15) is 0 Å². The van der Waals surface area contributed by atoms with Gasteiger partial charge in [0.05, 0.1) is 18.2 Å². The first-order chi connectivity index (χ1) is 16.1. The Hall–Kier alpha value is -4.24. The molecule has 2 N–H and O–H groups in total. The average Bonchev–Trinajstić information content (AvgIpc) is 3.16. The number of benzene rings is 3. The number of carbonyl (C=O) groups excluding carboxylic acids is 1. The summed E-state index contributed by atoms with van der Waals surface area (Å²) in [7, 11) is 1.50. The van der Waals surface area contributed by atoms with Gasteiger partial charge in [-0.15, -0.1) is 0 Å². The van der Waals surface area contributed by atoms with Crippen LogP contribution in [0.1, 0.15) is 39.4 Å². The van der Waals surface area contributed by atoms with Gasteiger partial charge in [0.2, 0.25) is 0 Å². The summed E-state index contributed by atoms with van der Waals surface area (Å²) in [6, 6.07) is 20.9. The number of ether oxygens (including phenoxy) is 2. The number of aromatic carboxylic acids is 1. The number of carboxylic acids is 1. The minimum Gasteiger partial charge on any atom is -0.495 e. The Labute approximate surface area is 192 Å². The SMILES string of the molecule is COc1ccc(C(=O)O)cc1C#CCCNC(=O)OCC1c2ccccc2-c2ccccc21. The Morgan fingerprint density at radius 2 is 1.67 bits per heavy atom. The number of amides is 1.